The molecule has 1 aliphatic rings. The van der Waals surface area contributed by atoms with Gasteiger partial charge in [-0.25, -0.2) is 4.79 Å². The molecular weight excluding hydrogens is 532 g/mol. The first kappa shape index (κ1) is 29.7. The highest BCUT2D eigenvalue weighted by molar-refractivity contribution is 5.83. The first-order chi connectivity index (χ1) is 20.6. The SMILES string of the molecule is O=C(OCCCCCON(O)O)N1CC[C@H](c2cccc(-c3ccccc3)c2)[C@@H](OCc2ccc3ccccc3c2)C1. The largest absolute Gasteiger partial charge is 0.449 e. The lowest BCUT2D eigenvalue weighted by molar-refractivity contribution is -0.492. The molecule has 4 aromatic rings. The summed E-state index contributed by atoms with van der Waals surface area (Å²) in [6.07, 6.45) is 2.26. The Morgan fingerprint density at radius 2 is 1.57 bits per heavy atom. The second kappa shape index (κ2) is 14.9. The molecule has 1 saturated heterocycles. The number of carbonyl (C=O) groups is 1. The zero-order valence-corrected chi connectivity index (χ0v) is 23.7. The van der Waals surface area contributed by atoms with Crippen molar-refractivity contribution < 1.29 is 29.5 Å². The van der Waals surface area contributed by atoms with Crippen LogP contribution in [0.2, 0.25) is 0 Å². The van der Waals surface area contributed by atoms with Crippen LogP contribution in [0.1, 0.15) is 42.7 Å². The predicted molar refractivity (Wildman–Crippen MR) is 160 cm³/mol. The molecule has 0 bridgehead atoms. The van der Waals surface area contributed by atoms with Gasteiger partial charge in [-0.05, 0) is 64.8 Å². The fourth-order valence-electron chi connectivity index (χ4n) is 5.52. The topological polar surface area (TPSA) is 91.7 Å². The highest BCUT2D eigenvalue weighted by Gasteiger charge is 2.34. The van der Waals surface area contributed by atoms with Gasteiger partial charge in [0, 0.05) is 12.5 Å². The summed E-state index contributed by atoms with van der Waals surface area (Å²) < 4.78 is 12.2. The maximum absolute atomic E-state index is 13.0. The number of unbranched alkanes of at least 4 members (excludes halogenated alkanes) is 2. The van der Waals surface area contributed by atoms with E-state index in [4.69, 9.17) is 19.9 Å². The summed E-state index contributed by atoms with van der Waals surface area (Å²) in [4.78, 5) is 19.3. The molecule has 2 N–H and O–H groups in total. The van der Waals surface area contributed by atoms with Crippen LogP contribution in [0.15, 0.2) is 97.1 Å². The quantitative estimate of drug-likeness (QED) is 0.137. The number of hydrogen-bond donors (Lipinski definition) is 2. The third-order valence-electron chi connectivity index (χ3n) is 7.74. The Labute approximate surface area is 246 Å². The van der Waals surface area contributed by atoms with Crippen LogP contribution >= 0.6 is 0 Å². The van der Waals surface area contributed by atoms with Crippen LogP contribution in [0.3, 0.4) is 0 Å². The second-order valence-electron chi connectivity index (χ2n) is 10.6. The van der Waals surface area contributed by atoms with Crippen LogP contribution in [0.4, 0.5) is 4.79 Å². The number of rotatable bonds is 12. The molecule has 0 spiro atoms. The Morgan fingerprint density at radius 1 is 0.810 bits per heavy atom. The number of hydrogen-bond acceptors (Lipinski definition) is 7. The lowest BCUT2D eigenvalue weighted by Crippen LogP contribution is -2.47. The molecule has 42 heavy (non-hydrogen) atoms. The molecule has 1 aliphatic heterocycles. The first-order valence-electron chi connectivity index (χ1n) is 14.5. The fourth-order valence-corrected chi connectivity index (χ4v) is 5.52. The van der Waals surface area contributed by atoms with Gasteiger partial charge in [0.15, 0.2) is 0 Å². The molecule has 1 amide bonds. The minimum Gasteiger partial charge on any atom is -0.449 e. The Hall–Kier alpha value is -3.79. The molecule has 4 aromatic carbocycles. The molecule has 220 valence electrons. The molecule has 5 rings (SSSR count). The van der Waals surface area contributed by atoms with Gasteiger partial charge in [0.2, 0.25) is 0 Å². The second-order valence-corrected chi connectivity index (χ2v) is 10.6. The van der Waals surface area contributed by atoms with Crippen molar-refractivity contribution in [3.8, 4) is 11.1 Å². The van der Waals surface area contributed by atoms with Crippen molar-refractivity contribution in [3.63, 3.8) is 0 Å². The van der Waals surface area contributed by atoms with Crippen LogP contribution < -0.4 is 0 Å². The van der Waals surface area contributed by atoms with Gasteiger partial charge in [0.1, 0.15) is 0 Å². The normalized spacial score (nSPS) is 17.1. The Kier molecular flexibility index (Phi) is 10.5. The molecule has 0 aliphatic carbocycles. The Balaban J connectivity index is 1.25. The maximum Gasteiger partial charge on any atom is 0.409 e. The summed E-state index contributed by atoms with van der Waals surface area (Å²) in [5, 5.41) is 19.2. The summed E-state index contributed by atoms with van der Waals surface area (Å²) in [7, 11) is 0. The van der Waals surface area contributed by atoms with Crippen molar-refractivity contribution in [1.29, 1.82) is 0 Å². The minimum absolute atomic E-state index is 0.135. The minimum atomic E-state index is -0.334. The fraction of sp³-hybridized carbons (Fsp3) is 0.324. The summed E-state index contributed by atoms with van der Waals surface area (Å²) in [6.45, 7) is 1.96. The molecule has 0 radical (unpaired) electrons. The van der Waals surface area contributed by atoms with Crippen LogP contribution in [-0.2, 0) is 20.9 Å². The zero-order valence-electron chi connectivity index (χ0n) is 23.7. The lowest BCUT2D eigenvalue weighted by Gasteiger charge is -2.38. The number of likely N-dealkylation sites (tertiary alicyclic amines) is 1. The van der Waals surface area contributed by atoms with Crippen molar-refractivity contribution >= 4 is 16.9 Å². The van der Waals surface area contributed by atoms with E-state index in [9.17, 15) is 4.79 Å². The van der Waals surface area contributed by atoms with E-state index in [0.717, 1.165) is 18.4 Å². The van der Waals surface area contributed by atoms with E-state index >= 15 is 0 Å². The molecule has 8 heteroatoms. The van der Waals surface area contributed by atoms with Gasteiger partial charge in [-0.1, -0.05) is 91.0 Å². The van der Waals surface area contributed by atoms with Crippen LogP contribution in [0, 0.1) is 0 Å². The van der Waals surface area contributed by atoms with E-state index in [1.165, 1.54) is 27.5 Å². The summed E-state index contributed by atoms with van der Waals surface area (Å²) in [6, 6.07) is 33.7. The number of ether oxygens (including phenoxy) is 2. The van der Waals surface area contributed by atoms with Crippen molar-refractivity contribution in [3.05, 3.63) is 108 Å². The standard InChI is InChI=1S/C34H38N2O6/c37-34(40-20-7-2-8-21-42-36(38)39)35-19-18-32(31-15-9-14-30(23-31)27-10-3-1-4-11-27)33(24-35)41-25-26-16-17-28-12-5-6-13-29(28)22-26/h1,3-6,9-17,22-23,32-33,38-39H,2,7-8,18-21,24-25H2/t32-,33+/m1/s1. The highest BCUT2D eigenvalue weighted by atomic mass is 17.1. The van der Waals surface area contributed by atoms with Gasteiger partial charge in [0.05, 0.1) is 37.9 Å². The molecule has 1 fully saturated rings. The van der Waals surface area contributed by atoms with Crippen LogP contribution in [0.5, 0.6) is 0 Å². The molecule has 0 unspecified atom stereocenters. The first-order valence-corrected chi connectivity index (χ1v) is 14.5. The molecule has 1 heterocycles. The number of fused-ring (bicyclic) bond motifs is 1. The van der Waals surface area contributed by atoms with E-state index in [1.807, 2.05) is 30.3 Å². The van der Waals surface area contributed by atoms with Crippen molar-refractivity contribution in [2.24, 2.45) is 0 Å². The van der Waals surface area contributed by atoms with Gasteiger partial charge >= 0.3 is 6.09 Å². The number of carbonyl (C=O) groups excluding carboxylic acids is 1. The van der Waals surface area contributed by atoms with E-state index < -0.39 is 0 Å². The molecule has 2 atom stereocenters. The van der Waals surface area contributed by atoms with Crippen molar-refractivity contribution in [2.75, 3.05) is 26.3 Å². The van der Waals surface area contributed by atoms with Gasteiger partial charge in [-0.15, -0.1) is 0 Å². The van der Waals surface area contributed by atoms with E-state index in [0.29, 0.717) is 39.1 Å². The van der Waals surface area contributed by atoms with Gasteiger partial charge in [0.25, 0.3) is 0 Å². The third kappa shape index (κ3) is 8.15. The average molecular weight is 571 g/mol. The van der Waals surface area contributed by atoms with Gasteiger partial charge in [-0.3, -0.25) is 15.3 Å². The molecule has 8 nitrogen and oxygen atoms in total. The highest BCUT2D eigenvalue weighted by Crippen LogP contribution is 2.34. The Bertz CT molecular complexity index is 1430. The monoisotopic (exact) mass is 570 g/mol. The number of benzene rings is 4. The summed E-state index contributed by atoms with van der Waals surface area (Å²) in [5.74, 6) is 0.135. The van der Waals surface area contributed by atoms with Gasteiger partial charge in [-0.2, -0.15) is 0 Å². The summed E-state index contributed by atoms with van der Waals surface area (Å²) >= 11 is 0. The lowest BCUT2D eigenvalue weighted by atomic mass is 9.85. The maximum atomic E-state index is 13.0. The smallest absolute Gasteiger partial charge is 0.409 e. The van der Waals surface area contributed by atoms with Crippen LogP contribution in [-0.4, -0.2) is 59.2 Å². The van der Waals surface area contributed by atoms with Crippen molar-refractivity contribution in [2.45, 2.75) is 44.3 Å². The van der Waals surface area contributed by atoms with E-state index in [1.54, 1.807) is 4.90 Å². The third-order valence-corrected chi connectivity index (χ3v) is 7.74. The van der Waals surface area contributed by atoms with E-state index in [2.05, 4.69) is 71.6 Å². The number of piperidine rings is 1. The number of nitrogens with zero attached hydrogens (tertiary/aromatic N) is 2. The average Bonchev–Trinajstić information content (AvgIpc) is 3.03. The van der Waals surface area contributed by atoms with Gasteiger partial charge < -0.3 is 14.4 Å². The molecule has 0 aromatic heterocycles. The predicted octanol–water partition coefficient (Wildman–Crippen LogP) is 7.20. The molecule has 0 saturated carbocycles. The molecular formula is C34H38N2O6. The number of amides is 1. The Morgan fingerprint density at radius 3 is 2.40 bits per heavy atom. The zero-order chi connectivity index (χ0) is 29.1. The van der Waals surface area contributed by atoms with E-state index in [-0.39, 0.29) is 30.1 Å². The summed E-state index contributed by atoms with van der Waals surface area (Å²) in [5.41, 5.74) is 4.64. The van der Waals surface area contributed by atoms with Crippen LogP contribution in [0.25, 0.3) is 21.9 Å². The van der Waals surface area contributed by atoms with Crippen molar-refractivity contribution in [1.82, 2.24) is 10.3 Å².